The monoisotopic (exact) mass is 379 g/mol. The number of methoxy groups -OCH3 is 3. The van der Waals surface area contributed by atoms with Gasteiger partial charge in [-0.25, -0.2) is 0 Å². The van der Waals surface area contributed by atoms with Crippen LogP contribution in [-0.2, 0) is 0 Å². The van der Waals surface area contributed by atoms with Crippen molar-refractivity contribution in [2.75, 3.05) is 32.0 Å². The summed E-state index contributed by atoms with van der Waals surface area (Å²) in [6.45, 7) is 0. The van der Waals surface area contributed by atoms with E-state index in [1.807, 2.05) is 24.3 Å². The maximum Gasteiger partial charge on any atom is 0.257 e. The first-order valence-electron chi connectivity index (χ1n) is 8.52. The number of aromatic nitrogens is 1. The third kappa shape index (κ3) is 4.50. The van der Waals surface area contributed by atoms with Crippen molar-refractivity contribution < 1.29 is 19.0 Å². The van der Waals surface area contributed by atoms with Crippen molar-refractivity contribution in [1.29, 1.82) is 0 Å². The lowest BCUT2D eigenvalue weighted by Gasteiger charge is -2.12. The number of rotatable bonds is 7. The van der Waals surface area contributed by atoms with Crippen LogP contribution in [0.3, 0.4) is 0 Å². The van der Waals surface area contributed by atoms with E-state index in [2.05, 4.69) is 15.6 Å². The van der Waals surface area contributed by atoms with Gasteiger partial charge >= 0.3 is 0 Å². The molecular formula is C21H21N3O4. The summed E-state index contributed by atoms with van der Waals surface area (Å²) in [6.07, 6.45) is 3.15. The maximum absolute atomic E-state index is 12.6. The van der Waals surface area contributed by atoms with Crippen LogP contribution in [0.1, 0.15) is 10.4 Å². The number of benzene rings is 2. The zero-order valence-corrected chi connectivity index (χ0v) is 15.9. The van der Waals surface area contributed by atoms with E-state index in [-0.39, 0.29) is 5.91 Å². The number of carbonyl (C=O) groups is 1. The molecule has 144 valence electrons. The van der Waals surface area contributed by atoms with Crippen LogP contribution in [0.25, 0.3) is 0 Å². The Labute approximate surface area is 163 Å². The van der Waals surface area contributed by atoms with E-state index in [0.717, 1.165) is 11.4 Å². The Balaban J connectivity index is 1.75. The summed E-state index contributed by atoms with van der Waals surface area (Å²) in [5, 5.41) is 6.04. The molecule has 0 unspecified atom stereocenters. The van der Waals surface area contributed by atoms with E-state index in [1.54, 1.807) is 44.7 Å². The summed E-state index contributed by atoms with van der Waals surface area (Å²) in [5.74, 6) is 1.62. The van der Waals surface area contributed by atoms with Gasteiger partial charge in [-0.15, -0.1) is 0 Å². The number of anilines is 3. The number of pyridine rings is 1. The summed E-state index contributed by atoms with van der Waals surface area (Å²) >= 11 is 0. The molecule has 28 heavy (non-hydrogen) atoms. The topological polar surface area (TPSA) is 81.7 Å². The quantitative estimate of drug-likeness (QED) is 0.643. The molecule has 0 atom stereocenters. The highest BCUT2D eigenvalue weighted by Crippen LogP contribution is 2.29. The second-order valence-corrected chi connectivity index (χ2v) is 5.84. The molecule has 7 nitrogen and oxygen atoms in total. The molecular weight excluding hydrogens is 358 g/mol. The fourth-order valence-electron chi connectivity index (χ4n) is 2.57. The standard InChI is InChI=1S/C21H21N3O4/c1-26-17-6-4-15(5-7-17)23-16-10-14(12-22-13-16)21(25)24-19-9-8-18(27-2)11-20(19)28-3/h4-13,23H,1-3H3,(H,24,25). The zero-order valence-electron chi connectivity index (χ0n) is 15.9. The van der Waals surface area contributed by atoms with Gasteiger partial charge in [0.15, 0.2) is 0 Å². The van der Waals surface area contributed by atoms with Crippen molar-refractivity contribution in [2.45, 2.75) is 0 Å². The second-order valence-electron chi connectivity index (χ2n) is 5.84. The molecule has 0 aliphatic heterocycles. The summed E-state index contributed by atoms with van der Waals surface area (Å²) in [6, 6.07) is 14.4. The van der Waals surface area contributed by atoms with Crippen LogP contribution < -0.4 is 24.8 Å². The third-order valence-corrected chi connectivity index (χ3v) is 4.04. The van der Waals surface area contributed by atoms with Crippen molar-refractivity contribution in [1.82, 2.24) is 4.98 Å². The lowest BCUT2D eigenvalue weighted by atomic mass is 10.2. The SMILES string of the molecule is COc1ccc(Nc2cncc(C(=O)Nc3ccc(OC)cc3OC)c2)cc1. The van der Waals surface area contributed by atoms with Crippen LogP contribution >= 0.6 is 0 Å². The first-order chi connectivity index (χ1) is 13.6. The van der Waals surface area contributed by atoms with E-state index < -0.39 is 0 Å². The van der Waals surface area contributed by atoms with Gasteiger partial charge in [-0.1, -0.05) is 0 Å². The highest BCUT2D eigenvalue weighted by Gasteiger charge is 2.12. The van der Waals surface area contributed by atoms with Crippen molar-refractivity contribution >= 4 is 23.0 Å². The minimum atomic E-state index is -0.297. The first kappa shape index (κ1) is 19.0. The highest BCUT2D eigenvalue weighted by atomic mass is 16.5. The van der Waals surface area contributed by atoms with E-state index >= 15 is 0 Å². The van der Waals surface area contributed by atoms with Gasteiger partial charge in [0.2, 0.25) is 0 Å². The average Bonchev–Trinajstić information content (AvgIpc) is 2.74. The Hall–Kier alpha value is -3.74. The average molecular weight is 379 g/mol. The van der Waals surface area contributed by atoms with Crippen molar-refractivity contribution in [3.8, 4) is 17.2 Å². The van der Waals surface area contributed by atoms with Crippen LogP contribution in [0.5, 0.6) is 17.2 Å². The second kappa shape index (κ2) is 8.77. The van der Waals surface area contributed by atoms with Crippen LogP contribution in [0.15, 0.2) is 60.9 Å². The molecule has 0 saturated heterocycles. The molecule has 0 aliphatic carbocycles. The molecule has 2 N–H and O–H groups in total. The summed E-state index contributed by atoms with van der Waals surface area (Å²) in [7, 11) is 4.72. The highest BCUT2D eigenvalue weighted by molar-refractivity contribution is 6.05. The molecule has 0 spiro atoms. The van der Waals surface area contributed by atoms with Crippen LogP contribution in [0.4, 0.5) is 17.1 Å². The Morgan fingerprint density at radius 3 is 2.21 bits per heavy atom. The molecule has 1 amide bonds. The molecule has 3 aromatic rings. The molecule has 0 bridgehead atoms. The van der Waals surface area contributed by atoms with Gasteiger partial charge < -0.3 is 24.8 Å². The largest absolute Gasteiger partial charge is 0.497 e. The zero-order chi connectivity index (χ0) is 19.9. The van der Waals surface area contributed by atoms with Crippen LogP contribution in [0.2, 0.25) is 0 Å². The number of hydrogen-bond acceptors (Lipinski definition) is 6. The number of ether oxygens (including phenoxy) is 3. The minimum absolute atomic E-state index is 0.297. The van der Waals surface area contributed by atoms with Gasteiger partial charge in [0.25, 0.3) is 5.91 Å². The van der Waals surface area contributed by atoms with Gasteiger partial charge in [-0.3, -0.25) is 9.78 Å². The Bertz CT molecular complexity index is 958. The van der Waals surface area contributed by atoms with E-state index in [9.17, 15) is 4.79 Å². The first-order valence-corrected chi connectivity index (χ1v) is 8.52. The van der Waals surface area contributed by atoms with Gasteiger partial charge in [0.1, 0.15) is 17.2 Å². The Morgan fingerprint density at radius 1 is 0.821 bits per heavy atom. The summed E-state index contributed by atoms with van der Waals surface area (Å²) in [5.41, 5.74) is 2.51. The Kier molecular flexibility index (Phi) is 5.96. The van der Waals surface area contributed by atoms with Crippen LogP contribution in [0, 0.1) is 0 Å². The number of nitrogens with one attached hydrogen (secondary N) is 2. The fraction of sp³-hybridized carbons (Fsp3) is 0.143. The van der Waals surface area contributed by atoms with E-state index in [4.69, 9.17) is 14.2 Å². The fourth-order valence-corrected chi connectivity index (χ4v) is 2.57. The smallest absolute Gasteiger partial charge is 0.257 e. The molecule has 1 aromatic heterocycles. The van der Waals surface area contributed by atoms with Crippen molar-refractivity contribution in [3.05, 3.63) is 66.5 Å². The third-order valence-electron chi connectivity index (χ3n) is 4.04. The minimum Gasteiger partial charge on any atom is -0.497 e. The number of carbonyl (C=O) groups excluding carboxylic acids is 1. The molecule has 2 aromatic carbocycles. The van der Waals surface area contributed by atoms with Gasteiger partial charge in [-0.05, 0) is 42.5 Å². The molecule has 0 saturated carbocycles. The number of nitrogens with zero attached hydrogens (tertiary/aromatic N) is 1. The van der Waals surface area contributed by atoms with Gasteiger partial charge in [0, 0.05) is 18.0 Å². The van der Waals surface area contributed by atoms with E-state index in [1.165, 1.54) is 13.3 Å². The lowest BCUT2D eigenvalue weighted by Crippen LogP contribution is -2.13. The number of amides is 1. The van der Waals surface area contributed by atoms with Gasteiger partial charge in [0.05, 0.1) is 44.5 Å². The summed E-state index contributed by atoms with van der Waals surface area (Å²) < 4.78 is 15.6. The van der Waals surface area contributed by atoms with Crippen molar-refractivity contribution in [3.63, 3.8) is 0 Å². The predicted octanol–water partition coefficient (Wildman–Crippen LogP) is 4.10. The van der Waals surface area contributed by atoms with E-state index in [0.29, 0.717) is 28.4 Å². The van der Waals surface area contributed by atoms with Crippen molar-refractivity contribution in [2.24, 2.45) is 0 Å². The molecule has 7 heteroatoms. The Morgan fingerprint density at radius 2 is 1.54 bits per heavy atom. The maximum atomic E-state index is 12.6. The van der Waals surface area contributed by atoms with Gasteiger partial charge in [-0.2, -0.15) is 0 Å². The van der Waals surface area contributed by atoms with Crippen LogP contribution in [-0.4, -0.2) is 32.2 Å². The molecule has 3 rings (SSSR count). The summed E-state index contributed by atoms with van der Waals surface area (Å²) in [4.78, 5) is 16.8. The molecule has 0 fully saturated rings. The molecule has 0 radical (unpaired) electrons. The lowest BCUT2D eigenvalue weighted by molar-refractivity contribution is 0.102. The molecule has 0 aliphatic rings. The molecule has 1 heterocycles. The predicted molar refractivity (Wildman–Crippen MR) is 108 cm³/mol. The number of hydrogen-bond donors (Lipinski definition) is 2. The normalized spacial score (nSPS) is 10.1.